The second-order valence-corrected chi connectivity index (χ2v) is 5.78. The van der Waals surface area contributed by atoms with Gasteiger partial charge in [-0.2, -0.15) is 0 Å². The fourth-order valence-electron chi connectivity index (χ4n) is 2.36. The van der Waals surface area contributed by atoms with Gasteiger partial charge in [0.1, 0.15) is 6.04 Å². The molecule has 0 saturated carbocycles. The number of hydrogen-bond acceptors (Lipinski definition) is 3. The molecule has 1 amide bonds. The monoisotopic (exact) mass is 284 g/mol. The smallest absolute Gasteiger partial charge is 0.246 e. The van der Waals surface area contributed by atoms with E-state index >= 15 is 0 Å². The van der Waals surface area contributed by atoms with Crippen LogP contribution in [0.5, 0.6) is 0 Å². The molecule has 1 heterocycles. The highest BCUT2D eigenvalue weighted by Gasteiger charge is 2.28. The number of benzene rings is 2. The van der Waals surface area contributed by atoms with Gasteiger partial charge in [-0.05, 0) is 24.7 Å². The number of carbonyl (C=O) groups is 1. The van der Waals surface area contributed by atoms with E-state index in [4.69, 9.17) is 0 Å². The van der Waals surface area contributed by atoms with Crippen molar-refractivity contribution < 1.29 is 4.79 Å². The molecule has 0 aromatic heterocycles. The highest BCUT2D eigenvalue weighted by Crippen LogP contribution is 2.34. The van der Waals surface area contributed by atoms with Crippen molar-refractivity contribution in [2.75, 3.05) is 12.4 Å². The molecular formula is C16H16N2OS. The summed E-state index contributed by atoms with van der Waals surface area (Å²) in [5.41, 5.74) is 3.25. The zero-order chi connectivity index (χ0) is 13.9. The molecule has 0 fully saturated rings. The van der Waals surface area contributed by atoms with Crippen LogP contribution >= 0.6 is 11.8 Å². The Morgan fingerprint density at radius 2 is 2.00 bits per heavy atom. The summed E-state index contributed by atoms with van der Waals surface area (Å²) in [6.07, 6.45) is 0. The molecule has 1 atom stereocenters. The summed E-state index contributed by atoms with van der Waals surface area (Å²) in [5, 5.41) is 5.95. The van der Waals surface area contributed by atoms with E-state index in [0.29, 0.717) is 0 Å². The molecule has 1 unspecified atom stereocenters. The zero-order valence-electron chi connectivity index (χ0n) is 11.2. The van der Waals surface area contributed by atoms with E-state index in [0.717, 1.165) is 17.0 Å². The first kappa shape index (κ1) is 13.2. The van der Waals surface area contributed by atoms with Crippen molar-refractivity contribution in [2.24, 2.45) is 0 Å². The quantitative estimate of drug-likeness (QED) is 0.847. The molecule has 0 saturated heterocycles. The molecule has 0 aliphatic carbocycles. The third kappa shape index (κ3) is 2.57. The normalized spacial score (nSPS) is 16.9. The summed E-state index contributed by atoms with van der Waals surface area (Å²) in [6.45, 7) is 0. The van der Waals surface area contributed by atoms with Gasteiger partial charge < -0.3 is 10.6 Å². The van der Waals surface area contributed by atoms with E-state index in [9.17, 15) is 4.79 Å². The molecule has 1 aliphatic heterocycles. The van der Waals surface area contributed by atoms with Crippen LogP contribution in [0, 0.1) is 0 Å². The average Bonchev–Trinajstić information content (AvgIpc) is 2.80. The van der Waals surface area contributed by atoms with E-state index in [1.54, 1.807) is 18.8 Å². The molecule has 2 aromatic carbocycles. The SMILES string of the molecule is CNC1C(=O)Nc2cc(SCc3ccccc3)ccc21. The number of thioether (sulfide) groups is 1. The van der Waals surface area contributed by atoms with Crippen molar-refractivity contribution >= 4 is 23.4 Å². The summed E-state index contributed by atoms with van der Waals surface area (Å²) >= 11 is 1.78. The number of amides is 1. The number of fused-ring (bicyclic) bond motifs is 1. The predicted octanol–water partition coefficient (Wildman–Crippen LogP) is 3.19. The maximum atomic E-state index is 11.8. The van der Waals surface area contributed by atoms with Gasteiger partial charge in [-0.15, -0.1) is 11.8 Å². The third-order valence-electron chi connectivity index (χ3n) is 3.39. The van der Waals surface area contributed by atoms with Crippen LogP contribution in [-0.4, -0.2) is 13.0 Å². The second-order valence-electron chi connectivity index (χ2n) is 4.73. The molecule has 4 heteroatoms. The van der Waals surface area contributed by atoms with Gasteiger partial charge in [-0.3, -0.25) is 4.79 Å². The van der Waals surface area contributed by atoms with Crippen molar-refractivity contribution in [3.05, 3.63) is 59.7 Å². The van der Waals surface area contributed by atoms with E-state index in [2.05, 4.69) is 47.0 Å². The third-order valence-corrected chi connectivity index (χ3v) is 4.46. The fourth-order valence-corrected chi connectivity index (χ4v) is 3.25. The van der Waals surface area contributed by atoms with Crippen molar-refractivity contribution in [3.8, 4) is 0 Å². The molecule has 102 valence electrons. The Morgan fingerprint density at radius 3 is 2.75 bits per heavy atom. The Balaban J connectivity index is 1.74. The number of carbonyl (C=O) groups excluding carboxylic acids is 1. The lowest BCUT2D eigenvalue weighted by Gasteiger charge is -2.07. The predicted molar refractivity (Wildman–Crippen MR) is 82.9 cm³/mol. The maximum absolute atomic E-state index is 11.8. The lowest BCUT2D eigenvalue weighted by atomic mass is 10.1. The largest absolute Gasteiger partial charge is 0.324 e. The Labute approximate surface area is 122 Å². The van der Waals surface area contributed by atoms with Gasteiger partial charge in [-0.1, -0.05) is 36.4 Å². The molecule has 1 aliphatic rings. The summed E-state index contributed by atoms with van der Waals surface area (Å²) in [4.78, 5) is 12.9. The van der Waals surface area contributed by atoms with Gasteiger partial charge in [0.15, 0.2) is 0 Å². The van der Waals surface area contributed by atoms with Gasteiger partial charge in [0.25, 0.3) is 0 Å². The molecule has 0 bridgehead atoms. The lowest BCUT2D eigenvalue weighted by molar-refractivity contribution is -0.117. The van der Waals surface area contributed by atoms with E-state index < -0.39 is 0 Å². The number of hydrogen-bond donors (Lipinski definition) is 2. The molecule has 0 radical (unpaired) electrons. The zero-order valence-corrected chi connectivity index (χ0v) is 12.0. The van der Waals surface area contributed by atoms with Gasteiger partial charge in [0, 0.05) is 21.9 Å². The van der Waals surface area contributed by atoms with Gasteiger partial charge in [-0.25, -0.2) is 0 Å². The van der Waals surface area contributed by atoms with Crippen molar-refractivity contribution in [2.45, 2.75) is 16.7 Å². The van der Waals surface area contributed by atoms with Gasteiger partial charge in [0.05, 0.1) is 0 Å². The number of likely N-dealkylation sites (N-methyl/N-ethyl adjacent to an activating group) is 1. The Morgan fingerprint density at radius 1 is 1.20 bits per heavy atom. The molecule has 20 heavy (non-hydrogen) atoms. The van der Waals surface area contributed by atoms with Crippen molar-refractivity contribution in [1.29, 1.82) is 0 Å². The first-order valence-electron chi connectivity index (χ1n) is 6.57. The van der Waals surface area contributed by atoms with Crippen molar-refractivity contribution in [3.63, 3.8) is 0 Å². The number of nitrogens with one attached hydrogen (secondary N) is 2. The van der Waals surface area contributed by atoms with Crippen LogP contribution in [0.2, 0.25) is 0 Å². The summed E-state index contributed by atoms with van der Waals surface area (Å²) in [6, 6.07) is 16.3. The molecule has 3 rings (SSSR count). The van der Waals surface area contributed by atoms with Crippen LogP contribution in [0.15, 0.2) is 53.4 Å². The maximum Gasteiger partial charge on any atom is 0.246 e. The average molecular weight is 284 g/mol. The van der Waals surface area contributed by atoms with E-state index in [1.165, 1.54) is 10.5 Å². The lowest BCUT2D eigenvalue weighted by Crippen LogP contribution is -2.23. The van der Waals surface area contributed by atoms with Crippen LogP contribution in [0.3, 0.4) is 0 Å². The minimum Gasteiger partial charge on any atom is -0.324 e. The first-order valence-corrected chi connectivity index (χ1v) is 7.55. The molecule has 2 N–H and O–H groups in total. The highest BCUT2D eigenvalue weighted by molar-refractivity contribution is 7.98. The second kappa shape index (κ2) is 5.69. The van der Waals surface area contributed by atoms with Crippen LogP contribution < -0.4 is 10.6 Å². The summed E-state index contributed by atoms with van der Waals surface area (Å²) < 4.78 is 0. The first-order chi connectivity index (χ1) is 9.78. The molecular weight excluding hydrogens is 268 g/mol. The molecule has 2 aromatic rings. The standard InChI is InChI=1S/C16H16N2OS/c1-17-15-13-8-7-12(9-14(13)18-16(15)19)20-10-11-5-3-2-4-6-11/h2-9,15,17H,10H2,1H3,(H,18,19). The van der Waals surface area contributed by atoms with Gasteiger partial charge >= 0.3 is 0 Å². The Bertz CT molecular complexity index is 628. The fraction of sp³-hybridized carbons (Fsp3) is 0.188. The Kier molecular flexibility index (Phi) is 3.76. The summed E-state index contributed by atoms with van der Waals surface area (Å²) in [7, 11) is 1.80. The van der Waals surface area contributed by atoms with Crippen LogP contribution in [0.1, 0.15) is 17.2 Å². The van der Waals surface area contributed by atoms with E-state index in [1.807, 2.05) is 12.1 Å². The molecule has 0 spiro atoms. The minimum atomic E-state index is -0.224. The van der Waals surface area contributed by atoms with Crippen LogP contribution in [-0.2, 0) is 10.5 Å². The van der Waals surface area contributed by atoms with Crippen LogP contribution in [0.4, 0.5) is 5.69 Å². The van der Waals surface area contributed by atoms with Gasteiger partial charge in [0.2, 0.25) is 5.91 Å². The molecule has 3 nitrogen and oxygen atoms in total. The number of anilines is 1. The Hall–Kier alpha value is -1.78. The van der Waals surface area contributed by atoms with Crippen LogP contribution in [0.25, 0.3) is 0 Å². The number of rotatable bonds is 4. The summed E-state index contributed by atoms with van der Waals surface area (Å²) in [5.74, 6) is 0.955. The van der Waals surface area contributed by atoms with E-state index in [-0.39, 0.29) is 11.9 Å². The highest BCUT2D eigenvalue weighted by atomic mass is 32.2. The van der Waals surface area contributed by atoms with Crippen molar-refractivity contribution in [1.82, 2.24) is 5.32 Å². The topological polar surface area (TPSA) is 41.1 Å². The minimum absolute atomic E-state index is 0.0210.